The maximum atomic E-state index is 12.9. The van der Waals surface area contributed by atoms with Crippen LogP contribution in [0.2, 0.25) is 0 Å². The van der Waals surface area contributed by atoms with E-state index in [-0.39, 0.29) is 30.0 Å². The number of benzene rings is 1. The molecule has 0 aliphatic heterocycles. The third kappa shape index (κ3) is 5.07. The highest BCUT2D eigenvalue weighted by atomic mass is 16.5. The second-order valence-corrected chi connectivity index (χ2v) is 6.45. The molecule has 0 fully saturated rings. The first-order chi connectivity index (χ1) is 14.9. The summed E-state index contributed by atoms with van der Waals surface area (Å²) in [5, 5.41) is 22.6. The fraction of sp³-hybridized carbons (Fsp3) is 0.250. The van der Waals surface area contributed by atoms with Gasteiger partial charge in [0.15, 0.2) is 0 Å². The van der Waals surface area contributed by atoms with E-state index in [4.69, 9.17) is 9.84 Å². The number of carboxylic acid groups (broad SMARTS) is 1. The highest BCUT2D eigenvalue weighted by Gasteiger charge is 2.20. The summed E-state index contributed by atoms with van der Waals surface area (Å²) < 4.78 is 7.86. The van der Waals surface area contributed by atoms with E-state index in [9.17, 15) is 14.4 Å². The van der Waals surface area contributed by atoms with Gasteiger partial charge in [-0.2, -0.15) is 10.2 Å². The number of carbonyl (C=O) groups is 3. The Labute approximate surface area is 177 Å². The molecule has 2 aromatic heterocycles. The average molecular weight is 426 g/mol. The molecule has 2 heterocycles. The van der Waals surface area contributed by atoms with Crippen LogP contribution >= 0.6 is 0 Å². The SMILES string of the molecule is CCn1ncc(NC(=O)CCn2nccc2C(=O)O)c1C(=O)Nc1cccc(OC)c1. The second-order valence-electron chi connectivity index (χ2n) is 6.45. The number of hydrogen-bond donors (Lipinski definition) is 3. The number of aryl methyl sites for hydroxylation is 2. The third-order valence-electron chi connectivity index (χ3n) is 4.44. The summed E-state index contributed by atoms with van der Waals surface area (Å²) >= 11 is 0. The van der Waals surface area contributed by atoms with Crippen LogP contribution in [0.4, 0.5) is 11.4 Å². The summed E-state index contributed by atoms with van der Waals surface area (Å²) in [5.74, 6) is -1.38. The van der Waals surface area contributed by atoms with E-state index in [1.807, 2.05) is 6.92 Å². The van der Waals surface area contributed by atoms with Crippen LogP contribution in [0.3, 0.4) is 0 Å². The van der Waals surface area contributed by atoms with Crippen LogP contribution in [0.5, 0.6) is 5.75 Å². The summed E-state index contributed by atoms with van der Waals surface area (Å²) in [5.41, 5.74) is 0.977. The van der Waals surface area contributed by atoms with Crippen LogP contribution in [0.25, 0.3) is 0 Å². The van der Waals surface area contributed by atoms with Crippen molar-refractivity contribution in [3.8, 4) is 5.75 Å². The lowest BCUT2D eigenvalue weighted by molar-refractivity contribution is -0.116. The smallest absolute Gasteiger partial charge is 0.354 e. The van der Waals surface area contributed by atoms with Crippen molar-refractivity contribution in [3.63, 3.8) is 0 Å². The first-order valence-corrected chi connectivity index (χ1v) is 9.49. The Bertz CT molecular complexity index is 1100. The molecule has 0 saturated heterocycles. The van der Waals surface area contributed by atoms with Gasteiger partial charge < -0.3 is 20.5 Å². The van der Waals surface area contributed by atoms with E-state index in [1.165, 1.54) is 34.9 Å². The number of amides is 2. The fourth-order valence-corrected chi connectivity index (χ4v) is 2.96. The zero-order valence-electron chi connectivity index (χ0n) is 17.0. The topological polar surface area (TPSA) is 140 Å². The van der Waals surface area contributed by atoms with Gasteiger partial charge in [-0.15, -0.1) is 0 Å². The standard InChI is InChI=1S/C20H22N6O5/c1-3-25-18(19(28)23-13-5-4-6-14(11-13)31-2)15(12-22-25)24-17(27)8-10-26-16(20(29)30)7-9-21-26/h4-7,9,11-12H,3,8,10H2,1-2H3,(H,23,28)(H,24,27)(H,29,30). The third-order valence-corrected chi connectivity index (χ3v) is 4.44. The number of nitrogens with one attached hydrogen (secondary N) is 2. The number of nitrogens with zero attached hydrogens (tertiary/aromatic N) is 4. The molecule has 0 bridgehead atoms. The Kier molecular flexibility index (Phi) is 6.65. The first kappa shape index (κ1) is 21.6. The van der Waals surface area contributed by atoms with E-state index in [0.717, 1.165) is 0 Å². The molecule has 2 amide bonds. The number of carbonyl (C=O) groups excluding carboxylic acids is 2. The van der Waals surface area contributed by atoms with Crippen molar-refractivity contribution in [2.24, 2.45) is 0 Å². The van der Waals surface area contributed by atoms with Crippen LogP contribution in [0.15, 0.2) is 42.7 Å². The molecule has 0 aliphatic carbocycles. The highest BCUT2D eigenvalue weighted by Crippen LogP contribution is 2.21. The quantitative estimate of drug-likeness (QED) is 0.476. The van der Waals surface area contributed by atoms with Crippen molar-refractivity contribution < 1.29 is 24.2 Å². The van der Waals surface area contributed by atoms with Gasteiger partial charge in [-0.3, -0.25) is 19.0 Å². The molecule has 1 aromatic carbocycles. The molecule has 3 N–H and O–H groups in total. The number of anilines is 2. The zero-order chi connectivity index (χ0) is 22.4. The Hall–Kier alpha value is -4.15. The average Bonchev–Trinajstić information content (AvgIpc) is 3.39. The number of aromatic carboxylic acids is 1. The molecule has 0 aliphatic rings. The Morgan fingerprint density at radius 3 is 2.65 bits per heavy atom. The maximum absolute atomic E-state index is 12.9. The van der Waals surface area contributed by atoms with Gasteiger partial charge in [0.25, 0.3) is 5.91 Å². The van der Waals surface area contributed by atoms with E-state index in [0.29, 0.717) is 18.0 Å². The van der Waals surface area contributed by atoms with Gasteiger partial charge in [0.05, 0.1) is 25.5 Å². The number of rotatable bonds is 9. The maximum Gasteiger partial charge on any atom is 0.354 e. The Morgan fingerprint density at radius 2 is 1.94 bits per heavy atom. The Morgan fingerprint density at radius 1 is 1.13 bits per heavy atom. The number of methoxy groups -OCH3 is 1. The molecule has 162 valence electrons. The van der Waals surface area contributed by atoms with E-state index < -0.39 is 17.8 Å². The second kappa shape index (κ2) is 9.57. The van der Waals surface area contributed by atoms with Gasteiger partial charge in [0, 0.05) is 30.9 Å². The molecule has 11 nitrogen and oxygen atoms in total. The molecule has 11 heteroatoms. The summed E-state index contributed by atoms with van der Waals surface area (Å²) in [6, 6.07) is 8.25. The van der Waals surface area contributed by atoms with Gasteiger partial charge >= 0.3 is 5.97 Å². The van der Waals surface area contributed by atoms with Crippen molar-refractivity contribution >= 4 is 29.2 Å². The predicted molar refractivity (Wildman–Crippen MR) is 111 cm³/mol. The van der Waals surface area contributed by atoms with Gasteiger partial charge in [0.2, 0.25) is 5.91 Å². The summed E-state index contributed by atoms with van der Waals surface area (Å²) in [6.07, 6.45) is 2.72. The molecule has 31 heavy (non-hydrogen) atoms. The van der Waals surface area contributed by atoms with E-state index in [2.05, 4.69) is 20.8 Å². The van der Waals surface area contributed by atoms with Gasteiger partial charge in [-0.05, 0) is 25.1 Å². The van der Waals surface area contributed by atoms with Crippen LogP contribution in [0.1, 0.15) is 34.3 Å². The van der Waals surface area contributed by atoms with Gasteiger partial charge in [-0.1, -0.05) is 6.07 Å². The van der Waals surface area contributed by atoms with Gasteiger partial charge in [-0.25, -0.2) is 4.79 Å². The minimum Gasteiger partial charge on any atom is -0.497 e. The normalized spacial score (nSPS) is 10.5. The number of ether oxygens (including phenoxy) is 1. The largest absolute Gasteiger partial charge is 0.497 e. The van der Waals surface area contributed by atoms with Crippen LogP contribution in [-0.4, -0.2) is 49.6 Å². The lowest BCUT2D eigenvalue weighted by Crippen LogP contribution is -2.22. The van der Waals surface area contributed by atoms with Crippen LogP contribution in [0, 0.1) is 0 Å². The Balaban J connectivity index is 1.71. The van der Waals surface area contributed by atoms with Crippen molar-refractivity contribution in [2.45, 2.75) is 26.4 Å². The van der Waals surface area contributed by atoms with E-state index in [1.54, 1.807) is 24.3 Å². The minimum atomic E-state index is -1.13. The molecular formula is C20H22N6O5. The highest BCUT2D eigenvalue weighted by molar-refractivity contribution is 6.09. The molecule has 3 aromatic rings. The monoisotopic (exact) mass is 426 g/mol. The summed E-state index contributed by atoms with van der Waals surface area (Å²) in [6.45, 7) is 2.33. The first-order valence-electron chi connectivity index (χ1n) is 9.49. The lowest BCUT2D eigenvalue weighted by atomic mass is 10.2. The number of hydrogen-bond acceptors (Lipinski definition) is 6. The predicted octanol–water partition coefficient (Wildman–Crippen LogP) is 2.09. The van der Waals surface area contributed by atoms with Crippen LogP contribution < -0.4 is 15.4 Å². The fourth-order valence-electron chi connectivity index (χ4n) is 2.96. The van der Waals surface area contributed by atoms with Crippen molar-refractivity contribution in [1.29, 1.82) is 0 Å². The molecule has 0 radical (unpaired) electrons. The molecule has 0 spiro atoms. The minimum absolute atomic E-state index is 0.00930. The molecule has 3 rings (SSSR count). The zero-order valence-corrected chi connectivity index (χ0v) is 17.0. The van der Waals surface area contributed by atoms with Crippen molar-refractivity contribution in [2.75, 3.05) is 17.7 Å². The van der Waals surface area contributed by atoms with Crippen molar-refractivity contribution in [3.05, 3.63) is 54.1 Å². The number of aromatic nitrogens is 4. The van der Waals surface area contributed by atoms with Crippen molar-refractivity contribution in [1.82, 2.24) is 19.6 Å². The molecule has 0 saturated carbocycles. The summed E-state index contributed by atoms with van der Waals surface area (Å²) in [4.78, 5) is 36.4. The lowest BCUT2D eigenvalue weighted by Gasteiger charge is -2.11. The molecule has 0 unspecified atom stereocenters. The molecule has 0 atom stereocenters. The number of carboxylic acids is 1. The molecular weight excluding hydrogens is 404 g/mol. The van der Waals surface area contributed by atoms with Gasteiger partial charge in [0.1, 0.15) is 17.1 Å². The summed E-state index contributed by atoms with van der Waals surface area (Å²) in [7, 11) is 1.53. The van der Waals surface area contributed by atoms with Crippen LogP contribution in [-0.2, 0) is 17.9 Å². The van der Waals surface area contributed by atoms with E-state index >= 15 is 0 Å².